The van der Waals surface area contributed by atoms with Crippen LogP contribution in [0.2, 0.25) is 0 Å². The Morgan fingerprint density at radius 1 is 0.500 bits per heavy atom. The molecule has 0 spiro atoms. The topological polar surface area (TPSA) is 108 Å². The molecule has 0 bridgehead atoms. The van der Waals surface area contributed by atoms with Crippen LogP contribution in [0.4, 0.5) is 0 Å². The largest absolute Gasteiger partial charge is 0.756 e. The minimum atomic E-state index is -4.57. The van der Waals surface area contributed by atoms with E-state index in [1.54, 1.807) is 0 Å². The van der Waals surface area contributed by atoms with Gasteiger partial charge in [0.25, 0.3) is 7.82 Å². The molecule has 3 unspecified atom stereocenters. The van der Waals surface area contributed by atoms with Crippen molar-refractivity contribution in [3.8, 4) is 0 Å². The summed E-state index contributed by atoms with van der Waals surface area (Å²) in [5.74, 6) is -0.185. The minimum absolute atomic E-state index is 0.00307. The maximum Gasteiger partial charge on any atom is 0.268 e. The van der Waals surface area contributed by atoms with Crippen LogP contribution in [0.1, 0.15) is 206 Å². The van der Waals surface area contributed by atoms with E-state index in [0.29, 0.717) is 23.9 Å². The fourth-order valence-electron chi connectivity index (χ4n) is 7.45. The van der Waals surface area contributed by atoms with Gasteiger partial charge in [0.05, 0.1) is 39.9 Å². The zero-order chi connectivity index (χ0) is 52.7. The molecule has 0 aliphatic carbocycles. The Morgan fingerprint density at radius 2 is 0.847 bits per heavy atom. The van der Waals surface area contributed by atoms with Crippen molar-refractivity contribution in [1.29, 1.82) is 0 Å². The molecule has 8 nitrogen and oxygen atoms in total. The van der Waals surface area contributed by atoms with E-state index in [9.17, 15) is 19.4 Å². The number of hydrogen-bond acceptors (Lipinski definition) is 6. The summed E-state index contributed by atoms with van der Waals surface area (Å²) in [4.78, 5) is 25.4. The molecule has 2 N–H and O–H groups in total. The second kappa shape index (κ2) is 52.5. The number of allylic oxidation sites excluding steroid dienone is 22. The highest BCUT2D eigenvalue weighted by Crippen LogP contribution is 2.38. The summed E-state index contributed by atoms with van der Waals surface area (Å²) in [6.07, 6.45) is 79.3. The summed E-state index contributed by atoms with van der Waals surface area (Å²) in [6.45, 7) is 4.55. The number of likely N-dealkylation sites (N-methyl/N-ethyl adjacent to an activating group) is 1. The van der Waals surface area contributed by atoms with Crippen molar-refractivity contribution in [3.63, 3.8) is 0 Å². The van der Waals surface area contributed by atoms with Gasteiger partial charge in [-0.2, -0.15) is 0 Å². The highest BCUT2D eigenvalue weighted by molar-refractivity contribution is 7.45. The summed E-state index contributed by atoms with van der Waals surface area (Å²) in [7, 11) is 1.28. The average Bonchev–Trinajstić information content (AvgIpc) is 3.34. The van der Waals surface area contributed by atoms with E-state index in [1.165, 1.54) is 57.8 Å². The van der Waals surface area contributed by atoms with E-state index >= 15 is 0 Å². The zero-order valence-electron chi connectivity index (χ0n) is 46.6. The first-order valence-electron chi connectivity index (χ1n) is 28.5. The van der Waals surface area contributed by atoms with Crippen molar-refractivity contribution in [2.24, 2.45) is 0 Å². The molecule has 0 aromatic heterocycles. The molecule has 0 aromatic carbocycles. The van der Waals surface area contributed by atoms with Crippen molar-refractivity contribution >= 4 is 13.7 Å². The number of phosphoric ester groups is 1. The average molecular weight is 1020 g/mol. The first-order chi connectivity index (χ1) is 35.0. The molecule has 72 heavy (non-hydrogen) atoms. The third kappa shape index (κ3) is 54.4. The molecular formula is C63H107N2O6P. The van der Waals surface area contributed by atoms with E-state index < -0.39 is 20.0 Å². The Morgan fingerprint density at radius 3 is 1.24 bits per heavy atom. The summed E-state index contributed by atoms with van der Waals surface area (Å²) < 4.78 is 23.3. The van der Waals surface area contributed by atoms with Crippen LogP contribution >= 0.6 is 7.82 Å². The van der Waals surface area contributed by atoms with Gasteiger partial charge in [0.15, 0.2) is 0 Å². The number of carbonyl (C=O) groups is 1. The summed E-state index contributed by atoms with van der Waals surface area (Å²) >= 11 is 0. The third-order valence-corrected chi connectivity index (χ3v) is 12.9. The number of aliphatic hydroxyl groups is 1. The third-order valence-electron chi connectivity index (χ3n) is 11.9. The van der Waals surface area contributed by atoms with Crippen LogP contribution in [0.15, 0.2) is 134 Å². The maximum atomic E-state index is 12.9. The van der Waals surface area contributed by atoms with Gasteiger partial charge in [-0.05, 0) is 96.3 Å². The molecule has 0 fully saturated rings. The molecule has 3 atom stereocenters. The van der Waals surface area contributed by atoms with Crippen molar-refractivity contribution in [3.05, 3.63) is 134 Å². The molecule has 0 radical (unpaired) electrons. The molecule has 0 saturated heterocycles. The molecular weight excluding hydrogens is 912 g/mol. The van der Waals surface area contributed by atoms with Crippen LogP contribution in [0.3, 0.4) is 0 Å². The highest BCUT2D eigenvalue weighted by atomic mass is 31.2. The number of rotatable bonds is 50. The monoisotopic (exact) mass is 1020 g/mol. The maximum absolute atomic E-state index is 12.9. The Labute approximate surface area is 443 Å². The van der Waals surface area contributed by atoms with Gasteiger partial charge in [0, 0.05) is 6.42 Å². The number of unbranched alkanes of at least 4 members (excludes halogenated alkanes) is 15. The molecule has 0 aliphatic rings. The second-order valence-electron chi connectivity index (χ2n) is 19.9. The number of quaternary nitrogens is 1. The lowest BCUT2D eigenvalue weighted by atomic mass is 10.0. The molecule has 0 heterocycles. The van der Waals surface area contributed by atoms with Crippen molar-refractivity contribution in [2.75, 3.05) is 40.9 Å². The Bertz CT molecular complexity index is 1630. The molecule has 9 heteroatoms. The molecule has 0 aromatic rings. The van der Waals surface area contributed by atoms with Crippen molar-refractivity contribution in [2.45, 2.75) is 219 Å². The van der Waals surface area contributed by atoms with E-state index in [2.05, 4.69) is 153 Å². The van der Waals surface area contributed by atoms with Gasteiger partial charge in [-0.15, -0.1) is 0 Å². The predicted octanol–water partition coefficient (Wildman–Crippen LogP) is 16.9. The number of phosphoric acid groups is 1. The number of nitrogens with one attached hydrogen (secondary N) is 1. The van der Waals surface area contributed by atoms with Gasteiger partial charge in [0.2, 0.25) is 5.91 Å². The number of amides is 1. The number of carbonyl (C=O) groups excluding carboxylic acids is 1. The number of nitrogens with zero attached hydrogens (tertiary/aromatic N) is 1. The lowest BCUT2D eigenvalue weighted by Crippen LogP contribution is -2.46. The predicted molar refractivity (Wildman–Crippen MR) is 311 cm³/mol. The fraction of sp³-hybridized carbons (Fsp3) is 0.635. The summed E-state index contributed by atoms with van der Waals surface area (Å²) in [5, 5.41) is 13.9. The van der Waals surface area contributed by atoms with Crippen LogP contribution in [0, 0.1) is 0 Å². The first kappa shape index (κ1) is 68.6. The fourth-order valence-corrected chi connectivity index (χ4v) is 8.18. The van der Waals surface area contributed by atoms with Crippen LogP contribution in [0.25, 0.3) is 0 Å². The lowest BCUT2D eigenvalue weighted by molar-refractivity contribution is -0.870. The number of hydrogen-bond donors (Lipinski definition) is 2. The van der Waals surface area contributed by atoms with Crippen LogP contribution in [-0.4, -0.2) is 68.5 Å². The first-order valence-corrected chi connectivity index (χ1v) is 30.0. The molecule has 0 rings (SSSR count). The van der Waals surface area contributed by atoms with Crippen molar-refractivity contribution < 1.29 is 32.9 Å². The van der Waals surface area contributed by atoms with Crippen LogP contribution < -0.4 is 10.2 Å². The van der Waals surface area contributed by atoms with E-state index in [0.717, 1.165) is 122 Å². The van der Waals surface area contributed by atoms with Crippen LogP contribution in [-0.2, 0) is 18.4 Å². The van der Waals surface area contributed by atoms with Gasteiger partial charge in [0.1, 0.15) is 13.2 Å². The van der Waals surface area contributed by atoms with Gasteiger partial charge in [-0.1, -0.05) is 237 Å². The van der Waals surface area contributed by atoms with Gasteiger partial charge in [-0.25, -0.2) is 0 Å². The van der Waals surface area contributed by atoms with Gasteiger partial charge in [-0.3, -0.25) is 9.36 Å². The van der Waals surface area contributed by atoms with E-state index in [-0.39, 0.29) is 19.1 Å². The van der Waals surface area contributed by atoms with Crippen molar-refractivity contribution in [1.82, 2.24) is 5.32 Å². The molecule has 410 valence electrons. The summed E-state index contributed by atoms with van der Waals surface area (Å²) in [6, 6.07) is -0.813. The SMILES string of the molecule is CC/C=C\C/C=C\C/C=C\C/C=C\C/C=C\C/C=C\C/C=C\C/C=C\C/C=C\C/C=C\C/C=C\CCCCCCCCCC(=O)NC(COP(=O)([O-])OCC[N+](C)(C)C)C(O)CCCCCCCCCCC. The molecule has 0 aliphatic heterocycles. The zero-order valence-corrected chi connectivity index (χ0v) is 47.5. The smallest absolute Gasteiger partial charge is 0.268 e. The van der Waals surface area contributed by atoms with Crippen LogP contribution in [0.5, 0.6) is 0 Å². The minimum Gasteiger partial charge on any atom is -0.756 e. The van der Waals surface area contributed by atoms with Gasteiger partial charge < -0.3 is 28.8 Å². The van der Waals surface area contributed by atoms with Gasteiger partial charge >= 0.3 is 0 Å². The van der Waals surface area contributed by atoms with E-state index in [4.69, 9.17) is 9.05 Å². The highest BCUT2D eigenvalue weighted by Gasteiger charge is 2.24. The Balaban J connectivity index is 4.05. The molecule has 0 saturated carbocycles. The lowest BCUT2D eigenvalue weighted by Gasteiger charge is -2.30. The summed E-state index contributed by atoms with van der Waals surface area (Å²) in [5.41, 5.74) is 0. The quantitative estimate of drug-likeness (QED) is 0.0272. The second-order valence-corrected chi connectivity index (χ2v) is 21.3. The Hall–Kier alpha value is -3.36. The Kier molecular flexibility index (Phi) is 50.1. The van der Waals surface area contributed by atoms with E-state index in [1.807, 2.05) is 21.1 Å². The standard InChI is InChI=1S/C63H107N2O6P/c1-6-8-10-12-14-16-17-18-19-20-21-22-23-24-25-26-27-28-29-30-31-32-33-34-35-36-37-38-39-40-41-42-43-44-45-46-47-49-51-53-55-57-63(67)64-61(60-71-72(68,69)70-59-58-65(3,4)5)62(66)56-54-52-50-48-15-13-11-9-7-2/h8,10,14,16,18-19,21-22,24-25,27-28,30-31,33-34,36-37,39-40,42-43,61-62,66H,6-7,9,11-13,15,17,20,23,26,29,32,35,38,41,44-60H2,1-5H3,(H-,64,67,68,69)/b10-8-,16-14-,19-18-,22-21-,25-24-,28-27-,31-30-,34-33-,37-36-,40-39-,43-42-. The normalized spacial score (nSPS) is 14.9. The molecule has 1 amide bonds. The number of aliphatic hydroxyl groups excluding tert-OH is 1.